The molecular weight excluding hydrogens is 256 g/mol. The third-order valence-corrected chi connectivity index (χ3v) is 3.93. The van der Waals surface area contributed by atoms with E-state index in [0.717, 1.165) is 31.6 Å². The molecule has 1 saturated heterocycles. The van der Waals surface area contributed by atoms with Crippen LogP contribution in [0.15, 0.2) is 18.2 Å². The number of fused-ring (bicyclic) bond motifs is 1. The average molecular weight is 274 g/mol. The lowest BCUT2D eigenvalue weighted by Crippen LogP contribution is -2.33. The number of hydrogen-bond acceptors (Lipinski definition) is 4. The van der Waals surface area contributed by atoms with Crippen LogP contribution in [0.1, 0.15) is 46.9 Å². The van der Waals surface area contributed by atoms with Gasteiger partial charge >= 0.3 is 0 Å². The molecule has 2 amide bonds. The van der Waals surface area contributed by atoms with E-state index in [9.17, 15) is 9.59 Å². The molecule has 2 heterocycles. The molecular formula is C15H18N2O3. The van der Waals surface area contributed by atoms with E-state index in [1.54, 1.807) is 12.1 Å². The van der Waals surface area contributed by atoms with E-state index in [0.29, 0.717) is 23.3 Å². The number of anilines is 1. The molecule has 0 aliphatic carbocycles. The average Bonchev–Trinajstić information content (AvgIpc) is 2.74. The number of nitrogens with one attached hydrogen (secondary N) is 2. The zero-order valence-corrected chi connectivity index (χ0v) is 11.4. The molecule has 2 unspecified atom stereocenters. The molecule has 0 aromatic heterocycles. The highest BCUT2D eigenvalue weighted by molar-refractivity contribution is 6.21. The van der Waals surface area contributed by atoms with E-state index in [1.165, 1.54) is 0 Å². The Labute approximate surface area is 117 Å². The topological polar surface area (TPSA) is 67.4 Å². The second-order valence-corrected chi connectivity index (χ2v) is 5.31. The summed E-state index contributed by atoms with van der Waals surface area (Å²) in [6.07, 6.45) is 3.25. The summed E-state index contributed by atoms with van der Waals surface area (Å²) in [5, 5.41) is 5.74. The highest BCUT2D eigenvalue weighted by Crippen LogP contribution is 2.24. The van der Waals surface area contributed by atoms with Crippen LogP contribution in [0, 0.1) is 0 Å². The van der Waals surface area contributed by atoms with Crippen molar-refractivity contribution in [3.05, 3.63) is 29.3 Å². The van der Waals surface area contributed by atoms with E-state index in [2.05, 4.69) is 17.6 Å². The van der Waals surface area contributed by atoms with Crippen molar-refractivity contribution in [1.82, 2.24) is 5.32 Å². The first-order valence-corrected chi connectivity index (χ1v) is 7.05. The molecule has 1 aromatic carbocycles. The number of ether oxygens (including phenoxy) is 1. The molecule has 20 heavy (non-hydrogen) atoms. The highest BCUT2D eigenvalue weighted by Gasteiger charge is 2.27. The molecule has 1 aromatic rings. The fourth-order valence-corrected chi connectivity index (χ4v) is 2.79. The summed E-state index contributed by atoms with van der Waals surface area (Å²) in [6, 6.07) is 5.67. The van der Waals surface area contributed by atoms with Crippen LogP contribution in [-0.2, 0) is 4.74 Å². The van der Waals surface area contributed by atoms with E-state index in [-0.39, 0.29) is 11.8 Å². The first-order valence-electron chi connectivity index (χ1n) is 7.05. The third kappa shape index (κ3) is 2.41. The number of carbonyl (C=O) groups excluding carboxylic acids is 2. The number of carbonyl (C=O) groups is 2. The van der Waals surface area contributed by atoms with Crippen molar-refractivity contribution in [2.24, 2.45) is 0 Å². The smallest absolute Gasteiger partial charge is 0.259 e. The van der Waals surface area contributed by atoms with Crippen LogP contribution in [0.25, 0.3) is 0 Å². The number of hydrogen-bond donors (Lipinski definition) is 2. The van der Waals surface area contributed by atoms with Crippen molar-refractivity contribution in [1.29, 1.82) is 0 Å². The number of rotatable bonds is 3. The van der Waals surface area contributed by atoms with Crippen LogP contribution in [0.4, 0.5) is 5.69 Å². The maximum absolute atomic E-state index is 11.6. The van der Waals surface area contributed by atoms with Gasteiger partial charge in [0.05, 0.1) is 17.2 Å². The Morgan fingerprint density at radius 3 is 2.90 bits per heavy atom. The van der Waals surface area contributed by atoms with E-state index >= 15 is 0 Å². The number of benzene rings is 1. The first kappa shape index (κ1) is 13.1. The lowest BCUT2D eigenvalue weighted by molar-refractivity contribution is 0.00925. The molecule has 0 radical (unpaired) electrons. The van der Waals surface area contributed by atoms with Gasteiger partial charge in [0.15, 0.2) is 0 Å². The van der Waals surface area contributed by atoms with Gasteiger partial charge in [-0.05, 0) is 37.5 Å². The van der Waals surface area contributed by atoms with Crippen molar-refractivity contribution in [2.45, 2.75) is 38.3 Å². The summed E-state index contributed by atoms with van der Waals surface area (Å²) in [5.74, 6) is -0.624. The van der Waals surface area contributed by atoms with Crippen LogP contribution < -0.4 is 10.6 Å². The minimum Gasteiger partial charge on any atom is -0.382 e. The Kier molecular flexibility index (Phi) is 3.44. The Hall–Kier alpha value is -1.88. The summed E-state index contributed by atoms with van der Waals surface area (Å²) >= 11 is 0. The summed E-state index contributed by atoms with van der Waals surface area (Å²) in [5.41, 5.74) is 1.80. The summed E-state index contributed by atoms with van der Waals surface area (Å²) in [7, 11) is 0. The maximum Gasteiger partial charge on any atom is 0.259 e. The van der Waals surface area contributed by atoms with Crippen molar-refractivity contribution >= 4 is 17.5 Å². The second-order valence-electron chi connectivity index (χ2n) is 5.31. The van der Waals surface area contributed by atoms with Gasteiger partial charge in [0.25, 0.3) is 11.8 Å². The van der Waals surface area contributed by atoms with Crippen LogP contribution in [0.3, 0.4) is 0 Å². The monoisotopic (exact) mass is 274 g/mol. The Morgan fingerprint density at radius 2 is 2.10 bits per heavy atom. The van der Waals surface area contributed by atoms with E-state index in [4.69, 9.17) is 4.74 Å². The molecule has 2 N–H and O–H groups in total. The van der Waals surface area contributed by atoms with Crippen molar-refractivity contribution in [2.75, 3.05) is 11.9 Å². The van der Waals surface area contributed by atoms with Crippen molar-refractivity contribution < 1.29 is 14.3 Å². The van der Waals surface area contributed by atoms with Gasteiger partial charge in [-0.1, -0.05) is 6.92 Å². The molecule has 2 atom stereocenters. The van der Waals surface area contributed by atoms with Crippen LogP contribution in [-0.4, -0.2) is 30.6 Å². The molecule has 0 bridgehead atoms. The van der Waals surface area contributed by atoms with Gasteiger partial charge in [0.2, 0.25) is 0 Å². The molecule has 3 rings (SSSR count). The van der Waals surface area contributed by atoms with Gasteiger partial charge in [-0.3, -0.25) is 14.9 Å². The standard InChI is InChI=1S/C15H18N2O3/c1-2-11-7-10(5-6-20-11)16-9-3-4-12-13(8-9)15(19)17-14(12)18/h3-4,8,10-11,16H,2,5-7H2,1H3,(H,17,18,19). The fraction of sp³-hybridized carbons (Fsp3) is 0.467. The Bertz CT molecular complexity index is 556. The SMILES string of the molecule is CCC1CC(Nc2ccc3c(c2)C(=O)NC3=O)CCO1. The van der Waals surface area contributed by atoms with Gasteiger partial charge in [0, 0.05) is 18.3 Å². The number of imide groups is 1. The van der Waals surface area contributed by atoms with Gasteiger partial charge in [-0.2, -0.15) is 0 Å². The molecule has 2 aliphatic rings. The summed E-state index contributed by atoms with van der Waals surface area (Å²) in [6.45, 7) is 2.89. The molecule has 5 nitrogen and oxygen atoms in total. The fourth-order valence-electron chi connectivity index (χ4n) is 2.79. The lowest BCUT2D eigenvalue weighted by atomic mass is 10.0. The molecule has 0 spiro atoms. The Balaban J connectivity index is 1.74. The number of amides is 2. The maximum atomic E-state index is 11.6. The largest absolute Gasteiger partial charge is 0.382 e. The zero-order valence-electron chi connectivity index (χ0n) is 11.4. The minimum absolute atomic E-state index is 0.306. The second kappa shape index (κ2) is 5.25. The van der Waals surface area contributed by atoms with E-state index < -0.39 is 0 Å². The quantitative estimate of drug-likeness (QED) is 0.827. The Morgan fingerprint density at radius 1 is 1.30 bits per heavy atom. The summed E-state index contributed by atoms with van der Waals surface area (Å²) < 4.78 is 5.65. The predicted molar refractivity (Wildman–Crippen MR) is 74.9 cm³/mol. The molecule has 106 valence electrons. The molecule has 0 saturated carbocycles. The summed E-state index contributed by atoms with van der Waals surface area (Å²) in [4.78, 5) is 23.1. The van der Waals surface area contributed by atoms with Crippen molar-refractivity contribution in [3.8, 4) is 0 Å². The van der Waals surface area contributed by atoms with Gasteiger partial charge < -0.3 is 10.1 Å². The highest BCUT2D eigenvalue weighted by atomic mass is 16.5. The zero-order chi connectivity index (χ0) is 14.1. The van der Waals surface area contributed by atoms with E-state index in [1.807, 2.05) is 6.07 Å². The minimum atomic E-state index is -0.313. The van der Waals surface area contributed by atoms with Gasteiger partial charge in [0.1, 0.15) is 0 Å². The first-order chi connectivity index (χ1) is 9.67. The van der Waals surface area contributed by atoms with Crippen LogP contribution in [0.5, 0.6) is 0 Å². The van der Waals surface area contributed by atoms with Crippen molar-refractivity contribution in [3.63, 3.8) is 0 Å². The molecule has 2 aliphatic heterocycles. The lowest BCUT2D eigenvalue weighted by Gasteiger charge is -2.30. The third-order valence-electron chi connectivity index (χ3n) is 3.93. The van der Waals surface area contributed by atoms with Gasteiger partial charge in [-0.25, -0.2) is 0 Å². The van der Waals surface area contributed by atoms with Crippen LogP contribution in [0.2, 0.25) is 0 Å². The van der Waals surface area contributed by atoms with Gasteiger partial charge in [-0.15, -0.1) is 0 Å². The molecule has 5 heteroatoms. The van der Waals surface area contributed by atoms with Crippen LogP contribution >= 0.6 is 0 Å². The normalized spacial score (nSPS) is 25.2. The predicted octanol–water partition coefficient (Wildman–Crippen LogP) is 1.94. The molecule has 1 fully saturated rings.